The summed E-state index contributed by atoms with van der Waals surface area (Å²) in [7, 11) is 1.70. The number of aliphatic imine (C=N–C) groups is 1. The van der Waals surface area contributed by atoms with Gasteiger partial charge in [0, 0.05) is 36.7 Å². The summed E-state index contributed by atoms with van der Waals surface area (Å²) in [4.78, 5) is 6.90. The lowest BCUT2D eigenvalue weighted by Gasteiger charge is -2.22. The van der Waals surface area contributed by atoms with Crippen molar-refractivity contribution in [1.29, 1.82) is 0 Å². The Balaban J connectivity index is 1.62. The Kier molecular flexibility index (Phi) is 5.39. The minimum atomic E-state index is 0.376. The van der Waals surface area contributed by atoms with Gasteiger partial charge in [0.15, 0.2) is 5.96 Å². The molecular weight excluding hydrogens is 324 g/mol. The van der Waals surface area contributed by atoms with Crippen LogP contribution in [-0.4, -0.2) is 44.8 Å². The first-order chi connectivity index (χ1) is 11.6. The molecule has 5 nitrogen and oxygen atoms in total. The van der Waals surface area contributed by atoms with Gasteiger partial charge in [-0.3, -0.25) is 4.99 Å². The number of methoxy groups -OCH3 is 1. The van der Waals surface area contributed by atoms with E-state index in [-0.39, 0.29) is 0 Å². The van der Waals surface area contributed by atoms with Crippen LogP contribution in [0, 0.1) is 5.92 Å². The van der Waals surface area contributed by atoms with E-state index in [1.165, 1.54) is 6.42 Å². The van der Waals surface area contributed by atoms with Crippen molar-refractivity contribution in [3.63, 3.8) is 0 Å². The molecule has 3 unspecified atom stereocenters. The monoisotopic (exact) mass is 350 g/mol. The Labute approximate surface area is 149 Å². The Hall–Kier alpha value is -1.62. The maximum absolute atomic E-state index is 6.17. The Morgan fingerprint density at radius 1 is 1.42 bits per heavy atom. The number of hydrogen-bond acceptors (Lipinski definition) is 3. The van der Waals surface area contributed by atoms with E-state index in [4.69, 9.17) is 16.3 Å². The summed E-state index contributed by atoms with van der Waals surface area (Å²) in [6.45, 7) is 7.02. The van der Waals surface area contributed by atoms with Crippen LogP contribution < -0.4 is 20.3 Å². The molecule has 0 spiro atoms. The van der Waals surface area contributed by atoms with E-state index in [1.54, 1.807) is 7.11 Å². The lowest BCUT2D eigenvalue weighted by atomic mass is 10.2. The fraction of sp³-hybridized carbons (Fsp3) is 0.611. The minimum absolute atomic E-state index is 0.376. The molecule has 24 heavy (non-hydrogen) atoms. The van der Waals surface area contributed by atoms with Gasteiger partial charge in [0.25, 0.3) is 0 Å². The van der Waals surface area contributed by atoms with Crippen LogP contribution in [0.4, 0.5) is 5.69 Å². The van der Waals surface area contributed by atoms with Crippen LogP contribution in [0.5, 0.6) is 5.75 Å². The van der Waals surface area contributed by atoms with Crippen LogP contribution in [-0.2, 0) is 0 Å². The highest BCUT2D eigenvalue weighted by Crippen LogP contribution is 2.33. The molecule has 0 bridgehead atoms. The van der Waals surface area contributed by atoms with Crippen molar-refractivity contribution in [3.8, 4) is 5.75 Å². The van der Waals surface area contributed by atoms with Gasteiger partial charge < -0.3 is 20.3 Å². The fourth-order valence-electron chi connectivity index (χ4n) is 3.19. The molecule has 1 aliphatic heterocycles. The van der Waals surface area contributed by atoms with Crippen LogP contribution in [0.2, 0.25) is 5.02 Å². The molecule has 2 fully saturated rings. The normalized spacial score (nSPS) is 26.4. The van der Waals surface area contributed by atoms with Gasteiger partial charge in [-0.1, -0.05) is 18.5 Å². The predicted molar refractivity (Wildman–Crippen MR) is 100 cm³/mol. The quantitative estimate of drug-likeness (QED) is 0.633. The van der Waals surface area contributed by atoms with E-state index in [1.807, 2.05) is 18.2 Å². The molecule has 6 heteroatoms. The number of nitrogens with one attached hydrogen (secondary N) is 2. The molecule has 132 valence electrons. The Morgan fingerprint density at radius 3 is 2.88 bits per heavy atom. The van der Waals surface area contributed by atoms with E-state index in [0.29, 0.717) is 12.1 Å². The summed E-state index contributed by atoms with van der Waals surface area (Å²) in [5, 5.41) is 7.85. The van der Waals surface area contributed by atoms with Crippen LogP contribution in [0.1, 0.15) is 26.7 Å². The molecule has 1 aromatic rings. The minimum Gasteiger partial charge on any atom is -0.495 e. The molecule has 1 saturated heterocycles. The summed E-state index contributed by atoms with van der Waals surface area (Å²) in [5.41, 5.74) is 1.06. The second kappa shape index (κ2) is 7.51. The van der Waals surface area contributed by atoms with E-state index >= 15 is 0 Å². The molecule has 1 saturated carbocycles. The third kappa shape index (κ3) is 4.07. The van der Waals surface area contributed by atoms with E-state index in [0.717, 1.165) is 54.4 Å². The zero-order valence-corrected chi connectivity index (χ0v) is 15.4. The molecular formula is C18H27ClN4O. The van der Waals surface area contributed by atoms with E-state index in [2.05, 4.69) is 34.4 Å². The molecule has 1 aromatic carbocycles. The standard InChI is InChI=1S/C18H27ClN4O/c1-4-20-18(22-15-9-12(15)2)21-14-7-8-23(11-14)16-10-13(19)5-6-17(16)24-3/h5-6,10,12,14-15H,4,7-9,11H2,1-3H3,(H2,20,21,22). The number of halogens is 1. The van der Waals surface area contributed by atoms with Gasteiger partial charge in [-0.05, 0) is 43.9 Å². The SMILES string of the molecule is CCN=C(NC1CCN(c2cc(Cl)ccc2OC)C1)NC1CC1C. The van der Waals surface area contributed by atoms with Crippen LogP contribution in [0.15, 0.2) is 23.2 Å². The average molecular weight is 351 g/mol. The number of ether oxygens (including phenoxy) is 1. The average Bonchev–Trinajstić information content (AvgIpc) is 3.06. The highest BCUT2D eigenvalue weighted by atomic mass is 35.5. The van der Waals surface area contributed by atoms with E-state index < -0.39 is 0 Å². The van der Waals surface area contributed by atoms with Crippen LogP contribution in [0.25, 0.3) is 0 Å². The number of rotatable bonds is 5. The van der Waals surface area contributed by atoms with Gasteiger partial charge in [-0.15, -0.1) is 0 Å². The second-order valence-corrected chi connectivity index (χ2v) is 7.12. The second-order valence-electron chi connectivity index (χ2n) is 6.68. The van der Waals surface area contributed by atoms with Gasteiger partial charge in [-0.2, -0.15) is 0 Å². The van der Waals surface area contributed by atoms with Crippen molar-refractivity contribution in [2.45, 2.75) is 38.8 Å². The molecule has 0 amide bonds. The van der Waals surface area contributed by atoms with Crippen molar-refractivity contribution in [2.24, 2.45) is 10.9 Å². The first-order valence-corrected chi connectivity index (χ1v) is 9.14. The molecule has 2 aliphatic rings. The lowest BCUT2D eigenvalue weighted by Crippen LogP contribution is -2.45. The zero-order valence-electron chi connectivity index (χ0n) is 14.7. The van der Waals surface area contributed by atoms with Gasteiger partial charge >= 0.3 is 0 Å². The molecule has 3 rings (SSSR count). The summed E-state index contributed by atoms with van der Waals surface area (Å²) < 4.78 is 5.48. The van der Waals surface area contributed by atoms with Crippen LogP contribution in [0.3, 0.4) is 0 Å². The third-order valence-electron chi connectivity index (χ3n) is 4.76. The molecule has 0 radical (unpaired) electrons. The molecule has 0 aromatic heterocycles. The van der Waals surface area contributed by atoms with Crippen molar-refractivity contribution < 1.29 is 4.74 Å². The number of benzene rings is 1. The largest absolute Gasteiger partial charge is 0.495 e. The fourth-order valence-corrected chi connectivity index (χ4v) is 3.36. The number of hydrogen-bond donors (Lipinski definition) is 2. The zero-order chi connectivity index (χ0) is 17.1. The topological polar surface area (TPSA) is 48.9 Å². The summed E-state index contributed by atoms with van der Waals surface area (Å²) in [5.74, 6) is 2.56. The summed E-state index contributed by atoms with van der Waals surface area (Å²) in [6.07, 6.45) is 2.31. The maximum Gasteiger partial charge on any atom is 0.191 e. The van der Waals surface area contributed by atoms with Crippen molar-refractivity contribution in [3.05, 3.63) is 23.2 Å². The Bertz CT molecular complexity index is 607. The summed E-state index contributed by atoms with van der Waals surface area (Å²) in [6, 6.07) is 6.73. The predicted octanol–water partition coefficient (Wildman–Crippen LogP) is 2.89. The van der Waals surface area contributed by atoms with E-state index in [9.17, 15) is 0 Å². The maximum atomic E-state index is 6.17. The van der Waals surface area contributed by atoms with Crippen molar-refractivity contribution >= 4 is 23.2 Å². The highest BCUT2D eigenvalue weighted by molar-refractivity contribution is 6.30. The smallest absolute Gasteiger partial charge is 0.191 e. The number of guanidine groups is 1. The third-order valence-corrected chi connectivity index (χ3v) is 4.99. The first kappa shape index (κ1) is 17.2. The summed E-state index contributed by atoms with van der Waals surface area (Å²) >= 11 is 6.17. The van der Waals surface area contributed by atoms with Crippen molar-refractivity contribution in [2.75, 3.05) is 31.6 Å². The lowest BCUT2D eigenvalue weighted by molar-refractivity contribution is 0.415. The van der Waals surface area contributed by atoms with Gasteiger partial charge in [0.2, 0.25) is 0 Å². The number of anilines is 1. The molecule has 1 heterocycles. The van der Waals surface area contributed by atoms with Crippen LogP contribution >= 0.6 is 11.6 Å². The van der Waals surface area contributed by atoms with Gasteiger partial charge in [-0.25, -0.2) is 0 Å². The van der Waals surface area contributed by atoms with Gasteiger partial charge in [0.1, 0.15) is 5.75 Å². The number of nitrogens with zero attached hydrogens (tertiary/aromatic N) is 2. The Morgan fingerprint density at radius 2 is 2.21 bits per heavy atom. The van der Waals surface area contributed by atoms with Gasteiger partial charge in [0.05, 0.1) is 12.8 Å². The first-order valence-electron chi connectivity index (χ1n) is 8.76. The van der Waals surface area contributed by atoms with Crippen molar-refractivity contribution in [1.82, 2.24) is 10.6 Å². The molecule has 2 N–H and O–H groups in total. The highest BCUT2D eigenvalue weighted by Gasteiger charge is 2.34. The molecule has 3 atom stereocenters. The molecule has 1 aliphatic carbocycles.